The normalized spacial score (nSPS) is 12.9. The van der Waals surface area contributed by atoms with Gasteiger partial charge in [0.05, 0.1) is 17.2 Å². The summed E-state index contributed by atoms with van der Waals surface area (Å²) in [4.78, 5) is 44.8. The van der Waals surface area contributed by atoms with Crippen LogP contribution in [-0.2, 0) is 14.4 Å². The first kappa shape index (κ1) is 21.2. The van der Waals surface area contributed by atoms with Crippen LogP contribution in [-0.4, -0.2) is 37.6 Å². The molecule has 0 N–H and O–H groups in total. The van der Waals surface area contributed by atoms with Crippen molar-refractivity contribution in [2.75, 3.05) is 0 Å². The Morgan fingerprint density at radius 3 is 2.39 bits per heavy atom. The van der Waals surface area contributed by atoms with Crippen LogP contribution in [0.15, 0.2) is 36.0 Å². The molecule has 3 heterocycles. The maximum atomic E-state index is 12.4. The Hall–Kier alpha value is -3.07. The fourth-order valence-corrected chi connectivity index (χ4v) is 3.09. The number of hydrogen-bond acceptors (Lipinski definition) is 7. The van der Waals surface area contributed by atoms with Crippen LogP contribution in [0.2, 0.25) is 0 Å². The number of carbonyl (C=O) groups excluding carboxylic acids is 3. The van der Waals surface area contributed by atoms with Crippen LogP contribution in [0.3, 0.4) is 0 Å². The molecule has 1 aromatic carbocycles. The van der Waals surface area contributed by atoms with E-state index in [4.69, 9.17) is 4.84 Å². The molecule has 0 saturated carbocycles. The van der Waals surface area contributed by atoms with E-state index in [9.17, 15) is 14.4 Å². The van der Waals surface area contributed by atoms with Crippen molar-refractivity contribution in [3.05, 3.63) is 40.8 Å². The molecular formula is C19H22N4O4S. The van der Waals surface area contributed by atoms with Gasteiger partial charge in [-0.3, -0.25) is 9.59 Å². The van der Waals surface area contributed by atoms with E-state index < -0.39 is 17.8 Å². The minimum atomic E-state index is -0.810. The monoisotopic (exact) mass is 402 g/mol. The highest BCUT2D eigenvalue weighted by atomic mass is 32.1. The van der Waals surface area contributed by atoms with Crippen molar-refractivity contribution < 1.29 is 19.2 Å². The molecule has 2 aromatic heterocycles. The first-order valence-electron chi connectivity index (χ1n) is 9.10. The number of hydrogen-bond donors (Lipinski definition) is 0. The maximum absolute atomic E-state index is 12.4. The second-order valence-electron chi connectivity index (χ2n) is 5.08. The topological polar surface area (TPSA) is 94.4 Å². The lowest BCUT2D eigenvalue weighted by Crippen LogP contribution is -2.32. The molecule has 1 aliphatic rings. The fourth-order valence-electron chi connectivity index (χ4n) is 2.45. The summed E-state index contributed by atoms with van der Waals surface area (Å²) in [6.07, 6.45) is 1.76. The first-order chi connectivity index (χ1) is 13.6. The van der Waals surface area contributed by atoms with Crippen molar-refractivity contribution in [1.29, 1.82) is 0 Å². The Labute approximate surface area is 166 Å². The number of fused-ring (bicyclic) bond motifs is 1. The Morgan fingerprint density at radius 1 is 1.07 bits per heavy atom. The van der Waals surface area contributed by atoms with Crippen LogP contribution in [0.25, 0.3) is 16.7 Å². The molecule has 9 heteroatoms. The van der Waals surface area contributed by atoms with Crippen molar-refractivity contribution in [1.82, 2.24) is 19.8 Å². The average Bonchev–Trinajstić information content (AvgIpc) is 3.45. The smallest absolute Gasteiger partial charge is 0.324 e. The molecule has 28 heavy (non-hydrogen) atoms. The van der Waals surface area contributed by atoms with Gasteiger partial charge in [-0.15, -0.1) is 16.4 Å². The molecule has 0 spiro atoms. The van der Waals surface area contributed by atoms with Gasteiger partial charge in [0.1, 0.15) is 0 Å². The number of carbonyl (C=O) groups is 3. The van der Waals surface area contributed by atoms with Crippen LogP contribution in [0, 0.1) is 0 Å². The molecule has 0 atom stereocenters. The molecule has 2 amide bonds. The third-order valence-electron chi connectivity index (χ3n) is 3.59. The Morgan fingerprint density at radius 2 is 1.71 bits per heavy atom. The number of thiazole rings is 1. The zero-order valence-electron chi connectivity index (χ0n) is 16.2. The standard InChI is InChI=1S/C15H10N4O4S.2C2H6/c20-11-5-6-12(21)19(11)23-15(22)13-14(16-8-24-13)18-10-4-2-1-3-9(10)7-17-18;2*1-2/h1-4,7-8H,5-6H2;2*1-2H3. The molecule has 4 rings (SSSR count). The summed E-state index contributed by atoms with van der Waals surface area (Å²) in [6, 6.07) is 7.48. The van der Waals surface area contributed by atoms with E-state index in [0.717, 1.165) is 22.2 Å². The molecule has 3 aromatic rings. The van der Waals surface area contributed by atoms with E-state index in [-0.39, 0.29) is 17.7 Å². The van der Waals surface area contributed by atoms with Crippen LogP contribution in [0.4, 0.5) is 0 Å². The summed E-state index contributed by atoms with van der Waals surface area (Å²) in [5.74, 6) is -1.56. The van der Waals surface area contributed by atoms with Gasteiger partial charge in [0, 0.05) is 18.2 Å². The summed E-state index contributed by atoms with van der Waals surface area (Å²) in [6.45, 7) is 8.00. The minimum Gasteiger partial charge on any atom is -0.324 e. The second-order valence-corrected chi connectivity index (χ2v) is 5.94. The van der Waals surface area contributed by atoms with Gasteiger partial charge in [-0.05, 0) is 6.07 Å². The molecule has 1 fully saturated rings. The minimum absolute atomic E-state index is 0.0471. The van der Waals surface area contributed by atoms with Crippen LogP contribution < -0.4 is 0 Å². The van der Waals surface area contributed by atoms with Crippen molar-refractivity contribution in [2.24, 2.45) is 0 Å². The number of amides is 2. The molecule has 0 unspecified atom stereocenters. The Bertz CT molecular complexity index is 963. The van der Waals surface area contributed by atoms with Gasteiger partial charge >= 0.3 is 5.97 Å². The van der Waals surface area contributed by atoms with E-state index in [1.807, 2.05) is 52.0 Å². The largest absolute Gasteiger partial charge is 0.377 e. The number of benzene rings is 1. The summed E-state index contributed by atoms with van der Waals surface area (Å²) >= 11 is 1.05. The molecule has 8 nitrogen and oxygen atoms in total. The van der Waals surface area contributed by atoms with Gasteiger partial charge in [-0.1, -0.05) is 45.9 Å². The molecule has 0 radical (unpaired) electrons. The van der Waals surface area contributed by atoms with Gasteiger partial charge in [0.2, 0.25) is 0 Å². The first-order valence-corrected chi connectivity index (χ1v) is 9.98. The van der Waals surface area contributed by atoms with E-state index in [1.54, 1.807) is 6.20 Å². The zero-order chi connectivity index (χ0) is 20.7. The van der Waals surface area contributed by atoms with Crippen LogP contribution in [0.5, 0.6) is 0 Å². The summed E-state index contributed by atoms with van der Waals surface area (Å²) in [5.41, 5.74) is 2.27. The van der Waals surface area contributed by atoms with E-state index in [2.05, 4.69) is 10.1 Å². The average molecular weight is 402 g/mol. The van der Waals surface area contributed by atoms with Crippen molar-refractivity contribution in [3.8, 4) is 5.82 Å². The molecule has 148 valence electrons. The lowest BCUT2D eigenvalue weighted by Gasteiger charge is -2.12. The van der Waals surface area contributed by atoms with Crippen molar-refractivity contribution >= 4 is 40.0 Å². The van der Waals surface area contributed by atoms with E-state index in [1.165, 1.54) is 10.2 Å². The van der Waals surface area contributed by atoms with Gasteiger partial charge in [-0.2, -0.15) is 5.10 Å². The van der Waals surface area contributed by atoms with Crippen molar-refractivity contribution in [2.45, 2.75) is 40.5 Å². The maximum Gasteiger partial charge on any atom is 0.377 e. The predicted octanol–water partition coefficient (Wildman–Crippen LogP) is 3.76. The third-order valence-corrected chi connectivity index (χ3v) is 4.39. The Kier molecular flexibility index (Phi) is 7.39. The highest BCUT2D eigenvalue weighted by molar-refractivity contribution is 7.12. The van der Waals surface area contributed by atoms with Crippen molar-refractivity contribution in [3.63, 3.8) is 0 Å². The molecule has 1 aliphatic heterocycles. The fraction of sp³-hybridized carbons (Fsp3) is 0.316. The summed E-state index contributed by atoms with van der Waals surface area (Å²) < 4.78 is 1.52. The third kappa shape index (κ3) is 4.09. The quantitative estimate of drug-likeness (QED) is 0.619. The predicted molar refractivity (Wildman–Crippen MR) is 106 cm³/mol. The lowest BCUT2D eigenvalue weighted by atomic mass is 10.2. The van der Waals surface area contributed by atoms with E-state index >= 15 is 0 Å². The van der Waals surface area contributed by atoms with Crippen LogP contribution in [0.1, 0.15) is 50.2 Å². The molecular weight excluding hydrogens is 380 g/mol. The molecule has 0 aliphatic carbocycles. The highest BCUT2D eigenvalue weighted by Crippen LogP contribution is 2.24. The zero-order valence-corrected chi connectivity index (χ0v) is 17.0. The van der Waals surface area contributed by atoms with Gasteiger partial charge in [0.25, 0.3) is 11.8 Å². The highest BCUT2D eigenvalue weighted by Gasteiger charge is 2.34. The second kappa shape index (κ2) is 9.75. The summed E-state index contributed by atoms with van der Waals surface area (Å²) in [5, 5.41) is 5.67. The van der Waals surface area contributed by atoms with Gasteiger partial charge in [-0.25, -0.2) is 14.5 Å². The molecule has 1 saturated heterocycles. The Balaban J connectivity index is 0.000000660. The number of hydroxylamine groups is 2. The number of para-hydroxylation sites is 1. The molecule has 0 bridgehead atoms. The SMILES string of the molecule is CC.CC.O=C(ON1C(=O)CCC1=O)c1scnc1-n1ncc2ccccc21. The van der Waals surface area contributed by atoms with Crippen LogP contribution >= 0.6 is 11.3 Å². The number of rotatable bonds is 3. The summed E-state index contributed by atoms with van der Waals surface area (Å²) in [7, 11) is 0. The lowest BCUT2D eigenvalue weighted by molar-refractivity contribution is -0.172. The van der Waals surface area contributed by atoms with Gasteiger partial charge < -0.3 is 4.84 Å². The number of nitrogens with zero attached hydrogens (tertiary/aromatic N) is 4. The van der Waals surface area contributed by atoms with Gasteiger partial charge in [0.15, 0.2) is 10.7 Å². The number of imide groups is 1. The number of aromatic nitrogens is 3. The van der Waals surface area contributed by atoms with E-state index in [0.29, 0.717) is 10.9 Å².